The molecule has 1 aliphatic rings. The third-order valence-electron chi connectivity index (χ3n) is 5.41. The van der Waals surface area contributed by atoms with Crippen LogP contribution in [0.5, 0.6) is 5.75 Å². The van der Waals surface area contributed by atoms with Crippen LogP contribution in [0.3, 0.4) is 0 Å². The second-order valence-electron chi connectivity index (χ2n) is 8.18. The quantitative estimate of drug-likeness (QED) is 0.386. The molecule has 1 unspecified atom stereocenters. The smallest absolute Gasteiger partial charge is 0.422 e. The van der Waals surface area contributed by atoms with Crippen molar-refractivity contribution >= 4 is 11.6 Å². The number of hydrogen-bond acceptors (Lipinski definition) is 5. The van der Waals surface area contributed by atoms with Gasteiger partial charge in [-0.1, -0.05) is 29.8 Å². The summed E-state index contributed by atoms with van der Waals surface area (Å²) >= 11 is 6.28. The highest BCUT2D eigenvalue weighted by Gasteiger charge is 2.60. The highest BCUT2D eigenvalue weighted by atomic mass is 35.5. The van der Waals surface area contributed by atoms with Gasteiger partial charge < -0.3 is 10.1 Å². The summed E-state index contributed by atoms with van der Waals surface area (Å²) in [6.45, 7) is -0.366. The number of ether oxygens (including phenoxy) is 1. The zero-order valence-electron chi connectivity index (χ0n) is 18.4. The Kier molecular flexibility index (Phi) is 6.50. The predicted molar refractivity (Wildman–Crippen MR) is 119 cm³/mol. The Morgan fingerprint density at radius 2 is 1.83 bits per heavy atom. The number of rotatable bonds is 7. The van der Waals surface area contributed by atoms with E-state index in [-0.39, 0.29) is 45.8 Å². The number of aromatic amines is 1. The Morgan fingerprint density at radius 3 is 2.50 bits per heavy atom. The van der Waals surface area contributed by atoms with Crippen molar-refractivity contribution in [2.75, 3.05) is 6.61 Å². The van der Waals surface area contributed by atoms with Gasteiger partial charge in [0.1, 0.15) is 17.0 Å². The first-order valence-corrected chi connectivity index (χ1v) is 10.7. The summed E-state index contributed by atoms with van der Waals surface area (Å²) in [4.78, 5) is 22.7. The van der Waals surface area contributed by atoms with Crippen LogP contribution < -0.4 is 15.7 Å². The molecule has 13 heteroatoms. The first-order chi connectivity index (χ1) is 16.7. The van der Waals surface area contributed by atoms with E-state index >= 15 is 0 Å². The molecular formula is C23H17ClF6N4O2. The molecule has 0 amide bonds. The molecule has 1 aromatic heterocycles. The molecule has 2 N–H and O–H groups in total. The van der Waals surface area contributed by atoms with Crippen molar-refractivity contribution in [2.24, 2.45) is 5.41 Å². The molecule has 0 radical (unpaired) electrons. The number of nitrogens with zero attached hydrogens (tertiary/aromatic N) is 2. The van der Waals surface area contributed by atoms with E-state index in [1.165, 1.54) is 30.3 Å². The Hall–Kier alpha value is -3.54. The van der Waals surface area contributed by atoms with Crippen LogP contribution in [-0.4, -0.2) is 33.9 Å². The fourth-order valence-corrected chi connectivity index (χ4v) is 3.52. The van der Waals surface area contributed by atoms with Gasteiger partial charge in [0.05, 0.1) is 5.02 Å². The Bertz CT molecular complexity index is 1390. The van der Waals surface area contributed by atoms with Crippen molar-refractivity contribution in [1.29, 1.82) is 0 Å². The zero-order valence-corrected chi connectivity index (χ0v) is 19.1. The molecule has 0 saturated carbocycles. The standard InChI is InChI=1S/C23H17ClF6N4O2/c1-21(23(28,29)30)9-17(21)31-10-12-5-6-16(24)15(7-12)19-32-18(33-20(35)34-19)13-3-2-4-14(8-13)36-11-22(25,26)27/h2-9,31H,10-11H2,1H3,(H,32,33,34,35). The van der Waals surface area contributed by atoms with Crippen LogP contribution in [0.1, 0.15) is 12.5 Å². The van der Waals surface area contributed by atoms with E-state index < -0.39 is 30.1 Å². The van der Waals surface area contributed by atoms with Gasteiger partial charge in [-0.2, -0.15) is 31.3 Å². The minimum absolute atomic E-state index is 0.0178. The molecule has 0 spiro atoms. The average molecular weight is 531 g/mol. The Morgan fingerprint density at radius 1 is 1.08 bits per heavy atom. The number of benzene rings is 2. The maximum atomic E-state index is 13.1. The van der Waals surface area contributed by atoms with Gasteiger partial charge in [-0.3, -0.25) is 4.98 Å². The summed E-state index contributed by atoms with van der Waals surface area (Å²) in [5.41, 5.74) is -1.65. The van der Waals surface area contributed by atoms with E-state index in [4.69, 9.17) is 16.3 Å². The number of aromatic nitrogens is 3. The predicted octanol–water partition coefficient (Wildman–Crippen LogP) is 5.65. The normalized spacial score (nSPS) is 17.5. The second-order valence-corrected chi connectivity index (χ2v) is 8.59. The van der Waals surface area contributed by atoms with E-state index in [2.05, 4.69) is 20.3 Å². The molecule has 36 heavy (non-hydrogen) atoms. The Labute approximate surface area is 205 Å². The third kappa shape index (κ3) is 5.64. The molecule has 1 heterocycles. The van der Waals surface area contributed by atoms with Crippen molar-refractivity contribution in [2.45, 2.75) is 25.8 Å². The van der Waals surface area contributed by atoms with Crippen LogP contribution in [0.2, 0.25) is 5.02 Å². The lowest BCUT2D eigenvalue weighted by molar-refractivity contribution is -0.175. The van der Waals surface area contributed by atoms with Gasteiger partial charge in [-0.15, -0.1) is 0 Å². The molecular weight excluding hydrogens is 514 g/mol. The van der Waals surface area contributed by atoms with E-state index in [9.17, 15) is 31.1 Å². The van der Waals surface area contributed by atoms with Crippen molar-refractivity contribution in [3.05, 3.63) is 75.3 Å². The molecule has 1 atom stereocenters. The Balaban J connectivity index is 1.57. The van der Waals surface area contributed by atoms with Crippen molar-refractivity contribution < 1.29 is 31.1 Å². The number of halogens is 7. The number of allylic oxidation sites excluding steroid dienone is 2. The first-order valence-electron chi connectivity index (χ1n) is 10.4. The van der Waals surface area contributed by atoms with Crippen molar-refractivity contribution in [3.63, 3.8) is 0 Å². The molecule has 0 saturated heterocycles. The second kappa shape index (κ2) is 9.16. The van der Waals surface area contributed by atoms with Gasteiger partial charge in [0.2, 0.25) is 0 Å². The van der Waals surface area contributed by atoms with Crippen LogP contribution in [0.25, 0.3) is 22.8 Å². The zero-order chi connectivity index (χ0) is 26.3. The van der Waals surface area contributed by atoms with Crippen LogP contribution in [-0.2, 0) is 6.54 Å². The molecule has 6 nitrogen and oxygen atoms in total. The molecule has 190 valence electrons. The van der Waals surface area contributed by atoms with Gasteiger partial charge in [0.25, 0.3) is 0 Å². The lowest BCUT2D eigenvalue weighted by Crippen LogP contribution is -2.28. The minimum Gasteiger partial charge on any atom is -0.484 e. The van der Waals surface area contributed by atoms with E-state index in [1.54, 1.807) is 12.1 Å². The summed E-state index contributed by atoms with van der Waals surface area (Å²) in [6.07, 6.45) is -7.83. The van der Waals surface area contributed by atoms with Gasteiger partial charge in [-0.25, -0.2) is 9.78 Å². The number of alkyl halides is 6. The van der Waals surface area contributed by atoms with E-state index in [0.717, 1.165) is 13.0 Å². The van der Waals surface area contributed by atoms with Crippen LogP contribution in [0.15, 0.2) is 59.0 Å². The monoisotopic (exact) mass is 530 g/mol. The van der Waals surface area contributed by atoms with Crippen LogP contribution in [0, 0.1) is 5.41 Å². The summed E-state index contributed by atoms with van der Waals surface area (Å²) in [7, 11) is 0. The summed E-state index contributed by atoms with van der Waals surface area (Å²) in [6, 6.07) is 10.1. The van der Waals surface area contributed by atoms with E-state index in [0.29, 0.717) is 5.56 Å². The van der Waals surface area contributed by atoms with Gasteiger partial charge in [0.15, 0.2) is 12.4 Å². The third-order valence-corrected chi connectivity index (χ3v) is 5.74. The van der Waals surface area contributed by atoms with Crippen LogP contribution >= 0.6 is 11.6 Å². The first kappa shape index (κ1) is 25.5. The molecule has 0 bridgehead atoms. The van der Waals surface area contributed by atoms with Crippen LogP contribution in [0.4, 0.5) is 26.3 Å². The molecule has 2 aromatic carbocycles. The molecule has 0 fully saturated rings. The fourth-order valence-electron chi connectivity index (χ4n) is 3.31. The van der Waals surface area contributed by atoms with Crippen molar-refractivity contribution in [3.8, 4) is 28.5 Å². The SMILES string of the molecule is CC1(C(F)(F)F)C=C1NCc1ccc(Cl)c(-c2nc(-c3cccc(OCC(F)(F)F)c3)nc(=O)[nH]2)c1. The molecule has 1 aliphatic carbocycles. The summed E-state index contributed by atoms with van der Waals surface area (Å²) in [5.74, 6) is -0.166. The maximum Gasteiger partial charge on any atom is 0.422 e. The molecule has 0 aliphatic heterocycles. The fraction of sp³-hybridized carbons (Fsp3) is 0.261. The highest BCUT2D eigenvalue weighted by Crippen LogP contribution is 2.54. The lowest BCUT2D eigenvalue weighted by Gasteiger charge is -2.17. The molecule has 3 aromatic rings. The van der Waals surface area contributed by atoms with Gasteiger partial charge >= 0.3 is 18.0 Å². The minimum atomic E-state index is -4.53. The largest absolute Gasteiger partial charge is 0.484 e. The number of H-pyrrole nitrogens is 1. The lowest BCUT2D eigenvalue weighted by atomic mass is 10.1. The number of hydrogen-bond donors (Lipinski definition) is 2. The summed E-state index contributed by atoms with van der Waals surface area (Å²) in [5, 5.41) is 2.95. The highest BCUT2D eigenvalue weighted by molar-refractivity contribution is 6.33. The van der Waals surface area contributed by atoms with Crippen molar-refractivity contribution in [1.82, 2.24) is 20.3 Å². The van der Waals surface area contributed by atoms with Gasteiger partial charge in [0, 0.05) is 23.4 Å². The topological polar surface area (TPSA) is 79.9 Å². The average Bonchev–Trinajstić information content (AvgIpc) is 3.48. The maximum absolute atomic E-state index is 13.1. The van der Waals surface area contributed by atoms with Gasteiger partial charge in [-0.05, 0) is 42.8 Å². The summed E-state index contributed by atoms with van der Waals surface area (Å²) < 4.78 is 81.3. The molecule has 4 rings (SSSR count). The number of nitrogens with one attached hydrogen (secondary N) is 2. The van der Waals surface area contributed by atoms with E-state index in [1.807, 2.05) is 0 Å².